The van der Waals surface area contributed by atoms with Gasteiger partial charge in [-0.3, -0.25) is 0 Å². The largest absolute Gasteiger partial charge is 0.748 e. The van der Waals surface area contributed by atoms with Crippen LogP contribution in [0, 0.1) is 13.8 Å². The minimum absolute atomic E-state index is 0.283. The Labute approximate surface area is 145 Å². The van der Waals surface area contributed by atoms with Crippen LogP contribution in [0.15, 0.2) is 34.7 Å². The van der Waals surface area contributed by atoms with E-state index in [1.165, 1.54) is 10.6 Å². The van der Waals surface area contributed by atoms with Crippen molar-refractivity contribution in [2.75, 3.05) is 5.75 Å². The van der Waals surface area contributed by atoms with Gasteiger partial charge in [0.25, 0.3) is 0 Å². The molecule has 0 amide bonds. The van der Waals surface area contributed by atoms with Gasteiger partial charge in [-0.25, -0.2) is 13.0 Å². The van der Waals surface area contributed by atoms with E-state index in [1.54, 1.807) is 17.6 Å². The number of nitrogens with zero attached hydrogens (tertiary/aromatic N) is 4. The molecule has 24 heavy (non-hydrogen) atoms. The Morgan fingerprint density at radius 2 is 2.17 bits per heavy atom. The molecule has 0 saturated heterocycles. The summed E-state index contributed by atoms with van der Waals surface area (Å²) in [5.74, 6) is -0.360. The summed E-state index contributed by atoms with van der Waals surface area (Å²) in [4.78, 5) is 2.03. The zero-order valence-corrected chi connectivity index (χ0v) is 15.5. The molecule has 0 aliphatic rings. The standard InChI is InChI=1S/C15H20N4O3S2/c1-12-13(2)23-15(18(12)3)17-16-10-14-6-4-7-19(11-14)8-5-9-24(20,21)22/h4,6-7,10-11H,5,8-9H2,1-3H3. The first-order valence-electron chi connectivity index (χ1n) is 7.39. The predicted octanol–water partition coefficient (Wildman–Crippen LogP) is 0.861. The summed E-state index contributed by atoms with van der Waals surface area (Å²) in [7, 11) is -2.21. The minimum Gasteiger partial charge on any atom is -0.748 e. The average Bonchev–Trinajstić information content (AvgIpc) is 2.74. The molecule has 0 aliphatic heterocycles. The highest BCUT2D eigenvalue weighted by Gasteiger charge is 2.04. The molecule has 0 aliphatic carbocycles. The van der Waals surface area contributed by atoms with Gasteiger partial charge in [0.15, 0.2) is 12.4 Å². The van der Waals surface area contributed by atoms with Crippen molar-refractivity contribution >= 4 is 27.7 Å². The van der Waals surface area contributed by atoms with Gasteiger partial charge in [-0.05, 0) is 19.9 Å². The number of rotatable bonds is 6. The topological polar surface area (TPSA) is 90.7 Å². The summed E-state index contributed by atoms with van der Waals surface area (Å²) in [6.07, 6.45) is 5.58. The first-order chi connectivity index (χ1) is 11.3. The van der Waals surface area contributed by atoms with Crippen LogP contribution >= 0.6 is 11.3 Å². The smallest absolute Gasteiger partial charge is 0.210 e. The molecule has 2 aromatic rings. The van der Waals surface area contributed by atoms with Gasteiger partial charge in [0, 0.05) is 35.9 Å². The van der Waals surface area contributed by atoms with E-state index in [4.69, 9.17) is 0 Å². The lowest BCUT2D eigenvalue weighted by Crippen LogP contribution is -2.34. The molecular formula is C15H20N4O3S2. The molecule has 0 fully saturated rings. The van der Waals surface area contributed by atoms with E-state index in [9.17, 15) is 13.0 Å². The third kappa shape index (κ3) is 5.36. The maximum absolute atomic E-state index is 10.6. The van der Waals surface area contributed by atoms with Crippen molar-refractivity contribution in [3.63, 3.8) is 0 Å². The number of thiazole rings is 1. The molecule has 0 aromatic carbocycles. The van der Waals surface area contributed by atoms with Gasteiger partial charge < -0.3 is 9.12 Å². The Kier molecular flexibility index (Phi) is 6.03. The third-order valence-corrected chi connectivity index (χ3v) is 5.51. The Bertz CT molecular complexity index is 911. The van der Waals surface area contributed by atoms with Crippen LogP contribution in [0.25, 0.3) is 0 Å². The van der Waals surface area contributed by atoms with Gasteiger partial charge in [0.2, 0.25) is 4.80 Å². The zero-order valence-electron chi connectivity index (χ0n) is 13.8. The fraction of sp³-hybridized carbons (Fsp3) is 0.400. The van der Waals surface area contributed by atoms with Gasteiger partial charge in [-0.1, -0.05) is 0 Å². The molecule has 130 valence electrons. The van der Waals surface area contributed by atoms with E-state index in [-0.39, 0.29) is 12.2 Å². The number of aryl methyl sites for hydroxylation is 2. The van der Waals surface area contributed by atoms with Crippen molar-refractivity contribution in [2.24, 2.45) is 17.3 Å². The van der Waals surface area contributed by atoms with E-state index in [2.05, 4.69) is 10.2 Å². The van der Waals surface area contributed by atoms with Crippen LogP contribution in [-0.2, 0) is 23.7 Å². The summed E-state index contributed by atoms with van der Waals surface area (Å²) >= 11 is 1.58. The molecule has 9 heteroatoms. The first-order valence-corrected chi connectivity index (χ1v) is 9.78. The van der Waals surface area contributed by atoms with E-state index in [1.807, 2.05) is 54.6 Å². The summed E-state index contributed by atoms with van der Waals surface area (Å²) in [5, 5.41) is 8.35. The minimum atomic E-state index is -4.16. The SMILES string of the molecule is Cc1sc(=NN=Cc2ccc[n+](CCCS(=O)(=O)[O-])c2)n(C)c1C. The maximum atomic E-state index is 10.6. The fourth-order valence-corrected chi connectivity index (χ4v) is 3.48. The Morgan fingerprint density at radius 1 is 1.42 bits per heavy atom. The van der Waals surface area contributed by atoms with Gasteiger partial charge in [-0.15, -0.1) is 16.4 Å². The van der Waals surface area contributed by atoms with E-state index >= 15 is 0 Å². The number of hydrogen-bond acceptors (Lipinski definition) is 6. The Balaban J connectivity index is 2.07. The number of aromatic nitrogens is 2. The molecule has 0 saturated carbocycles. The Hall–Kier alpha value is -1.84. The normalized spacial score (nSPS) is 13.1. The zero-order chi connectivity index (χ0) is 17.7. The predicted molar refractivity (Wildman–Crippen MR) is 91.7 cm³/mol. The van der Waals surface area contributed by atoms with Crippen molar-refractivity contribution in [3.05, 3.63) is 45.5 Å². The van der Waals surface area contributed by atoms with Crippen molar-refractivity contribution < 1.29 is 17.5 Å². The Morgan fingerprint density at radius 3 is 2.79 bits per heavy atom. The fourth-order valence-electron chi connectivity index (χ4n) is 2.07. The van der Waals surface area contributed by atoms with E-state index < -0.39 is 10.1 Å². The molecule has 0 radical (unpaired) electrons. The summed E-state index contributed by atoms with van der Waals surface area (Å²) in [6.45, 7) is 4.54. The van der Waals surface area contributed by atoms with Crippen LogP contribution in [0.2, 0.25) is 0 Å². The van der Waals surface area contributed by atoms with Gasteiger partial charge in [0.05, 0.1) is 21.9 Å². The number of pyridine rings is 1. The van der Waals surface area contributed by atoms with Crippen molar-refractivity contribution in [1.29, 1.82) is 0 Å². The quantitative estimate of drug-likeness (QED) is 0.328. The first kappa shape index (κ1) is 18.5. The van der Waals surface area contributed by atoms with Gasteiger partial charge in [0.1, 0.15) is 6.54 Å². The second kappa shape index (κ2) is 7.82. The van der Waals surface area contributed by atoms with E-state index in [0.717, 1.165) is 10.4 Å². The van der Waals surface area contributed by atoms with Crippen LogP contribution in [0.3, 0.4) is 0 Å². The van der Waals surface area contributed by atoms with Crippen molar-refractivity contribution in [3.8, 4) is 0 Å². The van der Waals surface area contributed by atoms with Crippen LogP contribution in [0.1, 0.15) is 22.6 Å². The number of hydrogen-bond donors (Lipinski definition) is 0. The molecular weight excluding hydrogens is 348 g/mol. The van der Waals surface area contributed by atoms with Crippen molar-refractivity contribution in [1.82, 2.24) is 4.57 Å². The molecule has 7 nitrogen and oxygen atoms in total. The molecule has 2 rings (SSSR count). The average molecular weight is 368 g/mol. The van der Waals surface area contributed by atoms with Crippen molar-refractivity contribution in [2.45, 2.75) is 26.8 Å². The van der Waals surface area contributed by atoms with Crippen LogP contribution in [0.4, 0.5) is 0 Å². The lowest BCUT2D eigenvalue weighted by molar-refractivity contribution is -0.696. The van der Waals surface area contributed by atoms with Crippen LogP contribution < -0.4 is 9.37 Å². The monoisotopic (exact) mass is 368 g/mol. The summed E-state index contributed by atoms with van der Waals surface area (Å²) in [6, 6.07) is 3.72. The molecule has 0 unspecified atom stereocenters. The van der Waals surface area contributed by atoms with E-state index in [0.29, 0.717) is 6.54 Å². The van der Waals surface area contributed by atoms with Gasteiger partial charge in [-0.2, -0.15) is 5.10 Å². The molecule has 0 spiro atoms. The highest BCUT2D eigenvalue weighted by molar-refractivity contribution is 7.85. The molecule has 0 atom stereocenters. The second-order valence-electron chi connectivity index (χ2n) is 5.42. The highest BCUT2D eigenvalue weighted by atomic mass is 32.2. The molecule has 0 bridgehead atoms. The summed E-state index contributed by atoms with van der Waals surface area (Å²) < 4.78 is 35.7. The molecule has 0 N–H and O–H groups in total. The van der Waals surface area contributed by atoms with Crippen LogP contribution in [0.5, 0.6) is 0 Å². The lowest BCUT2D eigenvalue weighted by Gasteiger charge is -2.04. The second-order valence-corrected chi connectivity index (χ2v) is 8.13. The van der Waals surface area contributed by atoms with Gasteiger partial charge >= 0.3 is 0 Å². The third-order valence-electron chi connectivity index (χ3n) is 3.59. The lowest BCUT2D eigenvalue weighted by atomic mass is 10.3. The highest BCUT2D eigenvalue weighted by Crippen LogP contribution is 2.07. The van der Waals surface area contributed by atoms with Crippen LogP contribution in [-0.4, -0.2) is 29.5 Å². The summed E-state index contributed by atoms with van der Waals surface area (Å²) in [5.41, 5.74) is 2.01. The molecule has 2 heterocycles. The maximum Gasteiger partial charge on any atom is 0.210 e. The molecule has 2 aromatic heterocycles.